The zero-order valence-electron chi connectivity index (χ0n) is 20.4. The summed E-state index contributed by atoms with van der Waals surface area (Å²) in [6.45, 7) is 5.26. The monoisotopic (exact) mass is 534 g/mol. The van der Waals surface area contributed by atoms with Crippen LogP contribution < -0.4 is 14.8 Å². The summed E-state index contributed by atoms with van der Waals surface area (Å²) in [4.78, 5) is 27.3. The minimum atomic E-state index is -4.20. The predicted molar refractivity (Wildman–Crippen MR) is 131 cm³/mol. The molecule has 0 aliphatic carbocycles. The fourth-order valence-electron chi connectivity index (χ4n) is 4.03. The van der Waals surface area contributed by atoms with Crippen LogP contribution >= 0.6 is 0 Å². The summed E-state index contributed by atoms with van der Waals surface area (Å²) in [6, 6.07) is 7.46. The van der Waals surface area contributed by atoms with E-state index >= 15 is 0 Å². The SMILES string of the molecule is CCOC1OC(=O)CC1NS(=O)(=O)c1ccc(NC(C)=O)cc1O[C@H](C)Cn1cnc2cc(F)ccc21. The number of carbonyl (C=O) groups is 2. The summed E-state index contributed by atoms with van der Waals surface area (Å²) >= 11 is 0. The Balaban J connectivity index is 1.60. The van der Waals surface area contributed by atoms with E-state index in [1.165, 1.54) is 37.3 Å². The molecule has 37 heavy (non-hydrogen) atoms. The van der Waals surface area contributed by atoms with Crippen LogP contribution in [0.2, 0.25) is 0 Å². The van der Waals surface area contributed by atoms with E-state index in [1.54, 1.807) is 30.8 Å². The number of hydrogen-bond donors (Lipinski definition) is 2. The number of nitrogens with zero attached hydrogens (tertiary/aromatic N) is 2. The minimum Gasteiger partial charge on any atom is -0.487 e. The highest BCUT2D eigenvalue weighted by molar-refractivity contribution is 7.89. The van der Waals surface area contributed by atoms with Crippen LogP contribution in [-0.2, 0) is 35.6 Å². The molecule has 2 heterocycles. The molecule has 0 spiro atoms. The Morgan fingerprint density at radius 3 is 2.81 bits per heavy atom. The van der Waals surface area contributed by atoms with Gasteiger partial charge in [-0.2, -0.15) is 0 Å². The van der Waals surface area contributed by atoms with Crippen molar-refractivity contribution in [3.05, 3.63) is 48.5 Å². The van der Waals surface area contributed by atoms with Crippen molar-refractivity contribution in [2.24, 2.45) is 0 Å². The van der Waals surface area contributed by atoms with Gasteiger partial charge in [0.15, 0.2) is 0 Å². The molecule has 1 aliphatic heterocycles. The van der Waals surface area contributed by atoms with Gasteiger partial charge in [-0.1, -0.05) is 0 Å². The first-order valence-electron chi connectivity index (χ1n) is 11.6. The number of anilines is 1. The number of halogens is 1. The van der Waals surface area contributed by atoms with Crippen molar-refractivity contribution in [3.8, 4) is 5.75 Å². The Bertz CT molecular complexity index is 1430. The van der Waals surface area contributed by atoms with Crippen LogP contribution in [0.3, 0.4) is 0 Å². The molecule has 3 aromatic rings. The lowest BCUT2D eigenvalue weighted by atomic mass is 10.2. The number of nitrogens with one attached hydrogen (secondary N) is 2. The first kappa shape index (κ1) is 26.5. The number of imidazole rings is 1. The van der Waals surface area contributed by atoms with Gasteiger partial charge < -0.3 is 24.1 Å². The highest BCUT2D eigenvalue weighted by Gasteiger charge is 2.39. The molecule has 1 aromatic heterocycles. The number of amides is 1. The van der Waals surface area contributed by atoms with Crippen LogP contribution in [0.15, 0.2) is 47.6 Å². The van der Waals surface area contributed by atoms with E-state index in [1.807, 2.05) is 0 Å². The first-order chi connectivity index (χ1) is 17.6. The molecule has 1 fully saturated rings. The molecule has 1 saturated heterocycles. The summed E-state index contributed by atoms with van der Waals surface area (Å²) in [7, 11) is -4.20. The van der Waals surface area contributed by atoms with E-state index in [-0.39, 0.29) is 36.1 Å². The van der Waals surface area contributed by atoms with Crippen molar-refractivity contribution in [3.63, 3.8) is 0 Å². The largest absolute Gasteiger partial charge is 0.487 e. The van der Waals surface area contributed by atoms with Crippen molar-refractivity contribution in [1.82, 2.24) is 14.3 Å². The minimum absolute atomic E-state index is 0.0140. The second-order valence-corrected chi connectivity index (χ2v) is 10.2. The molecular weight excluding hydrogens is 507 g/mol. The maximum Gasteiger partial charge on any atom is 0.310 e. The number of benzene rings is 2. The number of esters is 1. The zero-order valence-corrected chi connectivity index (χ0v) is 21.2. The number of fused-ring (bicyclic) bond motifs is 1. The van der Waals surface area contributed by atoms with E-state index in [2.05, 4.69) is 15.0 Å². The highest BCUT2D eigenvalue weighted by Crippen LogP contribution is 2.30. The molecule has 13 heteroatoms. The van der Waals surface area contributed by atoms with Crippen LogP contribution in [0.1, 0.15) is 27.2 Å². The fourth-order valence-corrected chi connectivity index (χ4v) is 5.37. The van der Waals surface area contributed by atoms with Gasteiger partial charge in [-0.25, -0.2) is 22.5 Å². The Morgan fingerprint density at radius 1 is 1.30 bits per heavy atom. The van der Waals surface area contributed by atoms with E-state index in [4.69, 9.17) is 14.2 Å². The molecular formula is C24H27FN4O7S. The third kappa shape index (κ3) is 6.24. The van der Waals surface area contributed by atoms with E-state index in [0.29, 0.717) is 16.7 Å². The molecule has 0 bridgehead atoms. The van der Waals surface area contributed by atoms with Crippen molar-refractivity contribution in [2.75, 3.05) is 11.9 Å². The van der Waals surface area contributed by atoms with Crippen LogP contribution in [0.25, 0.3) is 11.0 Å². The van der Waals surface area contributed by atoms with Gasteiger partial charge in [0.05, 0.1) is 36.4 Å². The van der Waals surface area contributed by atoms with E-state index in [0.717, 1.165) is 0 Å². The van der Waals surface area contributed by atoms with Gasteiger partial charge in [-0.05, 0) is 38.1 Å². The van der Waals surface area contributed by atoms with Gasteiger partial charge in [0.2, 0.25) is 22.2 Å². The molecule has 0 radical (unpaired) electrons. The van der Waals surface area contributed by atoms with Gasteiger partial charge >= 0.3 is 5.97 Å². The number of rotatable bonds is 10. The lowest BCUT2D eigenvalue weighted by molar-refractivity contribution is -0.163. The van der Waals surface area contributed by atoms with E-state index in [9.17, 15) is 22.4 Å². The zero-order chi connectivity index (χ0) is 26.7. The second kappa shape index (κ2) is 10.8. The molecule has 2 unspecified atom stereocenters. The standard InChI is InChI=1S/C24H27FN4O7S/c1-4-34-24-19(11-23(31)36-24)28-37(32,33)22-8-6-17(27-15(3)30)10-21(22)35-14(2)12-29-13-26-18-9-16(25)5-7-20(18)29/h5-10,13-14,19,24,28H,4,11-12H2,1-3H3,(H,27,30)/t14-,19?,24?/m1/s1. The number of ether oxygens (including phenoxy) is 3. The molecule has 0 saturated carbocycles. The van der Waals surface area contributed by atoms with Gasteiger partial charge in [-0.15, -0.1) is 0 Å². The average molecular weight is 535 g/mol. The van der Waals surface area contributed by atoms with Crippen molar-refractivity contribution in [2.45, 2.75) is 57.1 Å². The molecule has 1 aliphatic rings. The predicted octanol–water partition coefficient (Wildman–Crippen LogP) is 2.56. The van der Waals surface area contributed by atoms with Crippen molar-refractivity contribution in [1.29, 1.82) is 0 Å². The van der Waals surface area contributed by atoms with E-state index < -0.39 is 40.2 Å². The quantitative estimate of drug-likeness (QED) is 0.379. The van der Waals surface area contributed by atoms with Gasteiger partial charge in [0.25, 0.3) is 0 Å². The molecule has 2 N–H and O–H groups in total. The molecule has 198 valence electrons. The lowest BCUT2D eigenvalue weighted by Crippen LogP contribution is -2.41. The molecule has 2 aromatic carbocycles. The van der Waals surface area contributed by atoms with Crippen molar-refractivity contribution >= 4 is 38.6 Å². The summed E-state index contributed by atoms with van der Waals surface area (Å²) < 4.78 is 60.9. The number of cyclic esters (lactones) is 1. The normalized spacial score (nSPS) is 18.5. The summed E-state index contributed by atoms with van der Waals surface area (Å²) in [6.07, 6.45) is -0.249. The van der Waals surface area contributed by atoms with Crippen LogP contribution in [0, 0.1) is 5.82 Å². The highest BCUT2D eigenvalue weighted by atomic mass is 32.2. The fraction of sp³-hybridized carbons (Fsp3) is 0.375. The maximum atomic E-state index is 13.5. The van der Waals surface area contributed by atoms with Crippen molar-refractivity contribution < 1.29 is 36.6 Å². The average Bonchev–Trinajstić information content (AvgIpc) is 3.35. The maximum absolute atomic E-state index is 13.5. The summed E-state index contributed by atoms with van der Waals surface area (Å²) in [5.74, 6) is -1.34. The Labute approximate surface area is 213 Å². The smallest absolute Gasteiger partial charge is 0.310 e. The Morgan fingerprint density at radius 2 is 2.08 bits per heavy atom. The van der Waals surface area contributed by atoms with Crippen LogP contribution in [0.5, 0.6) is 5.75 Å². The summed E-state index contributed by atoms with van der Waals surface area (Å²) in [5.41, 5.74) is 1.50. The number of aromatic nitrogens is 2. The topological polar surface area (TPSA) is 138 Å². The molecule has 11 nitrogen and oxygen atoms in total. The third-order valence-corrected chi connectivity index (χ3v) is 7.05. The number of carbonyl (C=O) groups excluding carboxylic acids is 2. The van der Waals surface area contributed by atoms with Gasteiger partial charge in [-0.3, -0.25) is 9.59 Å². The van der Waals surface area contributed by atoms with Crippen LogP contribution in [-0.4, -0.2) is 54.9 Å². The Hall–Kier alpha value is -3.55. The first-order valence-corrected chi connectivity index (χ1v) is 13.1. The summed E-state index contributed by atoms with van der Waals surface area (Å²) in [5, 5.41) is 2.61. The van der Waals surface area contributed by atoms with Crippen LogP contribution in [0.4, 0.5) is 10.1 Å². The second-order valence-electron chi connectivity index (χ2n) is 8.55. The number of sulfonamides is 1. The van der Waals surface area contributed by atoms with Gasteiger partial charge in [0, 0.05) is 31.4 Å². The number of hydrogen-bond acceptors (Lipinski definition) is 8. The molecule has 3 atom stereocenters. The van der Waals surface area contributed by atoms with Gasteiger partial charge in [0.1, 0.15) is 22.6 Å². The third-order valence-electron chi connectivity index (χ3n) is 5.52. The molecule has 4 rings (SSSR count). The Kier molecular flexibility index (Phi) is 7.76. The lowest BCUT2D eigenvalue weighted by Gasteiger charge is -2.22. The molecule has 1 amide bonds.